The molecule has 0 spiro atoms. The number of rotatable bonds is 7. The Bertz CT molecular complexity index is 714. The molecule has 0 aliphatic carbocycles. The Hall–Kier alpha value is -2.67. The number of nitrogens with one attached hydrogen (secondary N) is 1. The van der Waals surface area contributed by atoms with E-state index in [1.807, 2.05) is 19.9 Å². The smallest absolute Gasteiger partial charge is 0.333 e. The minimum Gasteiger partial charge on any atom is -0.467 e. The minimum absolute atomic E-state index is 0.0681. The highest BCUT2D eigenvalue weighted by atomic mass is 16.5. The van der Waals surface area contributed by atoms with Crippen LogP contribution in [0.4, 0.5) is 0 Å². The molecule has 2 rings (SSSR count). The summed E-state index contributed by atoms with van der Waals surface area (Å²) in [6.07, 6.45) is 2.11. The van der Waals surface area contributed by atoms with Gasteiger partial charge in [0.25, 0.3) is 5.91 Å². The van der Waals surface area contributed by atoms with E-state index in [-0.39, 0.29) is 11.6 Å². The van der Waals surface area contributed by atoms with Gasteiger partial charge >= 0.3 is 5.97 Å². The topological polar surface area (TPSA) is 107 Å². The number of esters is 1. The summed E-state index contributed by atoms with van der Waals surface area (Å²) in [5.41, 5.74) is 6.74. The van der Waals surface area contributed by atoms with Crippen LogP contribution >= 0.6 is 0 Å². The molecule has 134 valence electrons. The number of carbonyl (C=O) groups excluding carboxylic acids is 2. The number of amides is 1. The van der Waals surface area contributed by atoms with Crippen LogP contribution in [0.5, 0.6) is 0 Å². The Morgan fingerprint density at radius 3 is 2.60 bits per heavy atom. The van der Waals surface area contributed by atoms with Crippen LogP contribution in [0.1, 0.15) is 54.3 Å². The summed E-state index contributed by atoms with van der Waals surface area (Å²) in [7, 11) is 1.27. The second-order valence-corrected chi connectivity index (χ2v) is 5.82. The third kappa shape index (κ3) is 4.45. The number of nitrogens with zero attached hydrogens (tertiary/aromatic N) is 1. The monoisotopic (exact) mass is 345 g/mol. The summed E-state index contributed by atoms with van der Waals surface area (Å²) < 4.78 is 10.1. The van der Waals surface area contributed by atoms with E-state index in [4.69, 9.17) is 14.9 Å². The molecular weight excluding hydrogens is 322 g/mol. The van der Waals surface area contributed by atoms with Crippen LogP contribution in [0.2, 0.25) is 0 Å². The highest BCUT2D eigenvalue weighted by Gasteiger charge is 2.26. The number of hydrogen-bond donors (Lipinski definition) is 2. The lowest BCUT2D eigenvalue weighted by Gasteiger charge is -2.16. The molecule has 1 heterocycles. The van der Waals surface area contributed by atoms with Crippen LogP contribution in [0, 0.1) is 5.92 Å². The molecule has 0 saturated heterocycles. The lowest BCUT2D eigenvalue weighted by atomic mass is 10.0. The molecule has 25 heavy (non-hydrogen) atoms. The molecule has 0 aliphatic rings. The van der Waals surface area contributed by atoms with Crippen molar-refractivity contribution in [3.63, 3.8) is 0 Å². The normalized spacial score (nSPS) is 14.4. The number of ether oxygens (including phenoxy) is 1. The highest BCUT2D eigenvalue weighted by Crippen LogP contribution is 2.21. The summed E-state index contributed by atoms with van der Waals surface area (Å²) in [4.78, 5) is 28.6. The molecule has 7 nitrogen and oxygen atoms in total. The molecule has 0 aliphatic heterocycles. The number of carbonyl (C=O) groups is 2. The number of nitrogens with two attached hydrogens (primary N) is 1. The van der Waals surface area contributed by atoms with Crippen molar-refractivity contribution in [3.05, 3.63) is 53.7 Å². The van der Waals surface area contributed by atoms with E-state index in [1.54, 1.807) is 24.3 Å². The molecule has 3 atom stereocenters. The molecule has 2 aromatic rings. The van der Waals surface area contributed by atoms with Gasteiger partial charge in [-0.1, -0.05) is 50.6 Å². The molecule has 3 N–H and O–H groups in total. The Balaban J connectivity index is 2.16. The Morgan fingerprint density at radius 1 is 1.32 bits per heavy atom. The van der Waals surface area contributed by atoms with Gasteiger partial charge in [-0.2, -0.15) is 0 Å². The van der Waals surface area contributed by atoms with Crippen molar-refractivity contribution in [2.75, 3.05) is 7.11 Å². The molecule has 0 fully saturated rings. The van der Waals surface area contributed by atoms with E-state index in [0.717, 1.165) is 6.42 Å². The first-order valence-electron chi connectivity index (χ1n) is 8.12. The fourth-order valence-electron chi connectivity index (χ4n) is 2.29. The van der Waals surface area contributed by atoms with Crippen LogP contribution in [-0.4, -0.2) is 24.0 Å². The van der Waals surface area contributed by atoms with Crippen molar-refractivity contribution in [1.82, 2.24) is 10.3 Å². The molecule has 7 heteroatoms. The van der Waals surface area contributed by atoms with Crippen LogP contribution < -0.4 is 11.1 Å². The quantitative estimate of drug-likeness (QED) is 0.746. The second kappa shape index (κ2) is 8.43. The minimum atomic E-state index is -0.929. The Morgan fingerprint density at radius 2 is 2.00 bits per heavy atom. The van der Waals surface area contributed by atoms with Gasteiger partial charge in [-0.15, -0.1) is 0 Å². The molecule has 1 aromatic carbocycles. The summed E-state index contributed by atoms with van der Waals surface area (Å²) in [6.45, 7) is 4.00. The Kier molecular flexibility index (Phi) is 6.30. The fourth-order valence-corrected chi connectivity index (χ4v) is 2.29. The van der Waals surface area contributed by atoms with Crippen molar-refractivity contribution < 1.29 is 18.7 Å². The van der Waals surface area contributed by atoms with E-state index in [9.17, 15) is 9.59 Å². The van der Waals surface area contributed by atoms with Crippen molar-refractivity contribution >= 4 is 11.9 Å². The van der Waals surface area contributed by atoms with Crippen molar-refractivity contribution in [3.8, 4) is 0 Å². The van der Waals surface area contributed by atoms with Crippen molar-refractivity contribution in [1.29, 1.82) is 0 Å². The largest absolute Gasteiger partial charge is 0.467 e. The average molecular weight is 345 g/mol. The van der Waals surface area contributed by atoms with E-state index < -0.39 is 24.0 Å². The number of oxazole rings is 1. The fraction of sp³-hybridized carbons (Fsp3) is 0.389. The van der Waals surface area contributed by atoms with E-state index in [2.05, 4.69) is 10.3 Å². The maximum atomic E-state index is 12.4. The maximum absolute atomic E-state index is 12.4. The number of methoxy groups -OCH3 is 1. The molecule has 1 aromatic heterocycles. The van der Waals surface area contributed by atoms with E-state index >= 15 is 0 Å². The van der Waals surface area contributed by atoms with Crippen molar-refractivity contribution in [2.45, 2.75) is 32.4 Å². The zero-order chi connectivity index (χ0) is 18.4. The van der Waals surface area contributed by atoms with Gasteiger partial charge in [-0.25, -0.2) is 9.78 Å². The summed E-state index contributed by atoms with van der Waals surface area (Å²) >= 11 is 0. The number of benzene rings is 1. The first-order chi connectivity index (χ1) is 12.0. The predicted octanol–water partition coefficient (Wildman–Crippen LogP) is 2.36. The standard InChI is InChI=1S/C18H23N3O4/c1-4-11(2)14(19)17-20-13(10-25-17)16(22)21-15(18(23)24-3)12-8-6-5-7-9-12/h5-11,14-15H,4,19H2,1-3H3,(H,21,22). The van der Waals surface area contributed by atoms with Crippen LogP contribution in [-0.2, 0) is 9.53 Å². The second-order valence-electron chi connectivity index (χ2n) is 5.82. The number of hydrogen-bond acceptors (Lipinski definition) is 6. The molecule has 3 unspecified atom stereocenters. The zero-order valence-corrected chi connectivity index (χ0v) is 14.6. The third-order valence-electron chi connectivity index (χ3n) is 4.14. The lowest BCUT2D eigenvalue weighted by molar-refractivity contribution is -0.143. The summed E-state index contributed by atoms with van der Waals surface area (Å²) in [6, 6.07) is 7.51. The van der Waals surface area contributed by atoms with Gasteiger partial charge < -0.3 is 20.2 Å². The molecular formula is C18H23N3O4. The lowest BCUT2D eigenvalue weighted by Crippen LogP contribution is -2.34. The molecule has 1 amide bonds. The van der Waals surface area contributed by atoms with Crippen LogP contribution in [0.15, 0.2) is 41.0 Å². The zero-order valence-electron chi connectivity index (χ0n) is 14.6. The van der Waals surface area contributed by atoms with Crippen LogP contribution in [0.25, 0.3) is 0 Å². The van der Waals surface area contributed by atoms with Gasteiger partial charge in [0, 0.05) is 0 Å². The van der Waals surface area contributed by atoms with Crippen molar-refractivity contribution in [2.24, 2.45) is 11.7 Å². The average Bonchev–Trinajstić information content (AvgIpc) is 3.15. The highest BCUT2D eigenvalue weighted by molar-refractivity contribution is 5.95. The van der Waals surface area contributed by atoms with Gasteiger partial charge in [0.2, 0.25) is 5.89 Å². The van der Waals surface area contributed by atoms with Gasteiger partial charge in [0.15, 0.2) is 11.7 Å². The third-order valence-corrected chi connectivity index (χ3v) is 4.14. The summed E-state index contributed by atoms with van der Waals surface area (Å²) in [5.74, 6) is -0.638. The van der Waals surface area contributed by atoms with Gasteiger partial charge in [-0.3, -0.25) is 4.79 Å². The first kappa shape index (κ1) is 18.7. The van der Waals surface area contributed by atoms with Gasteiger partial charge in [-0.05, 0) is 11.5 Å². The predicted molar refractivity (Wildman–Crippen MR) is 91.6 cm³/mol. The van der Waals surface area contributed by atoms with E-state index in [1.165, 1.54) is 13.4 Å². The van der Waals surface area contributed by atoms with E-state index in [0.29, 0.717) is 11.5 Å². The number of aromatic nitrogens is 1. The molecule has 0 bridgehead atoms. The maximum Gasteiger partial charge on any atom is 0.333 e. The SMILES string of the molecule is CCC(C)C(N)c1nc(C(=O)NC(C(=O)OC)c2ccccc2)co1. The van der Waals surface area contributed by atoms with Gasteiger partial charge in [0.05, 0.1) is 13.2 Å². The van der Waals surface area contributed by atoms with Gasteiger partial charge in [0.1, 0.15) is 6.26 Å². The Labute approximate surface area is 146 Å². The first-order valence-corrected chi connectivity index (χ1v) is 8.12. The molecule has 0 saturated carbocycles. The molecule has 0 radical (unpaired) electrons. The summed E-state index contributed by atoms with van der Waals surface area (Å²) in [5, 5.41) is 2.62. The van der Waals surface area contributed by atoms with Crippen LogP contribution in [0.3, 0.4) is 0 Å².